The molecule has 0 N–H and O–H groups in total. The molecule has 0 bridgehead atoms. The highest BCUT2D eigenvalue weighted by atomic mass is 16.6. The van der Waals surface area contributed by atoms with E-state index >= 15 is 0 Å². The fourth-order valence-electron chi connectivity index (χ4n) is 1.95. The molecule has 1 atom stereocenters. The van der Waals surface area contributed by atoms with Crippen molar-refractivity contribution in [2.45, 2.75) is 32.8 Å². The molecule has 0 radical (unpaired) electrons. The van der Waals surface area contributed by atoms with E-state index in [-0.39, 0.29) is 24.5 Å². The summed E-state index contributed by atoms with van der Waals surface area (Å²) in [6, 6.07) is 5.17. The van der Waals surface area contributed by atoms with Crippen molar-refractivity contribution in [2.75, 3.05) is 13.2 Å². The van der Waals surface area contributed by atoms with Crippen molar-refractivity contribution in [1.82, 2.24) is 0 Å². The summed E-state index contributed by atoms with van der Waals surface area (Å²) in [4.78, 5) is 22.6. The van der Waals surface area contributed by atoms with Gasteiger partial charge in [0.1, 0.15) is 13.2 Å². The van der Waals surface area contributed by atoms with Gasteiger partial charge in [0.2, 0.25) is 0 Å². The van der Waals surface area contributed by atoms with Crippen molar-refractivity contribution < 1.29 is 23.8 Å². The van der Waals surface area contributed by atoms with Crippen LogP contribution in [0.15, 0.2) is 18.2 Å². The van der Waals surface area contributed by atoms with Gasteiger partial charge < -0.3 is 14.2 Å². The van der Waals surface area contributed by atoms with Gasteiger partial charge in [0, 0.05) is 18.9 Å². The highest BCUT2D eigenvalue weighted by Crippen LogP contribution is 2.33. The van der Waals surface area contributed by atoms with Gasteiger partial charge in [-0.05, 0) is 24.6 Å². The van der Waals surface area contributed by atoms with Gasteiger partial charge in [-0.25, -0.2) is 0 Å². The van der Waals surface area contributed by atoms with Gasteiger partial charge in [0.15, 0.2) is 23.4 Å². The molecule has 0 saturated carbocycles. The summed E-state index contributed by atoms with van der Waals surface area (Å²) in [7, 11) is 0. The first-order chi connectivity index (χ1) is 9.60. The first-order valence-corrected chi connectivity index (χ1v) is 6.70. The monoisotopic (exact) mass is 278 g/mol. The van der Waals surface area contributed by atoms with Crippen LogP contribution in [-0.2, 0) is 9.53 Å². The van der Waals surface area contributed by atoms with Crippen LogP contribution in [0.1, 0.15) is 37.0 Å². The van der Waals surface area contributed by atoms with Crippen molar-refractivity contribution in [3.05, 3.63) is 23.8 Å². The fourth-order valence-corrected chi connectivity index (χ4v) is 1.95. The number of ether oxygens (including phenoxy) is 3. The molecule has 1 aromatic rings. The standard InChI is InChI=1S/C15H18O5/c1-3-4-13(17)11-5-6-14-15(7-11)20-12(9-19-14)8-18-10(2)16/h5-7,12H,3-4,8-9H2,1-2H3. The molecule has 5 heteroatoms. The number of hydrogen-bond donors (Lipinski definition) is 0. The Bertz CT molecular complexity index is 509. The molecule has 108 valence electrons. The Balaban J connectivity index is 2.07. The van der Waals surface area contributed by atoms with Gasteiger partial charge >= 0.3 is 5.97 Å². The summed E-state index contributed by atoms with van der Waals surface area (Å²) in [6.45, 7) is 3.77. The van der Waals surface area contributed by atoms with Crippen LogP contribution in [0.2, 0.25) is 0 Å². The third-order valence-electron chi connectivity index (χ3n) is 2.93. The number of ketones is 1. The molecule has 0 saturated heterocycles. The topological polar surface area (TPSA) is 61.8 Å². The molecule has 1 heterocycles. The van der Waals surface area contributed by atoms with E-state index in [2.05, 4.69) is 0 Å². The second kappa shape index (κ2) is 6.41. The second-order valence-corrected chi connectivity index (χ2v) is 4.69. The number of benzene rings is 1. The van der Waals surface area contributed by atoms with Crippen LogP contribution in [0.5, 0.6) is 11.5 Å². The summed E-state index contributed by atoms with van der Waals surface area (Å²) in [5.74, 6) is 0.861. The average Bonchev–Trinajstić information content (AvgIpc) is 2.44. The Hall–Kier alpha value is -2.04. The molecule has 1 aromatic carbocycles. The number of Topliss-reactive ketones (excluding diaryl/α,β-unsaturated/α-hetero) is 1. The minimum absolute atomic E-state index is 0.0843. The van der Waals surface area contributed by atoms with Crippen LogP contribution < -0.4 is 9.47 Å². The molecular weight excluding hydrogens is 260 g/mol. The summed E-state index contributed by atoms with van der Waals surface area (Å²) in [6.07, 6.45) is 0.974. The Kier molecular flexibility index (Phi) is 4.61. The molecule has 0 amide bonds. The molecule has 0 spiro atoms. The third-order valence-corrected chi connectivity index (χ3v) is 2.93. The van der Waals surface area contributed by atoms with E-state index < -0.39 is 0 Å². The summed E-state index contributed by atoms with van der Waals surface area (Å²) < 4.78 is 16.1. The van der Waals surface area contributed by atoms with Crippen LogP contribution in [-0.4, -0.2) is 31.1 Å². The van der Waals surface area contributed by atoms with E-state index in [9.17, 15) is 9.59 Å². The molecule has 20 heavy (non-hydrogen) atoms. The van der Waals surface area contributed by atoms with E-state index in [0.717, 1.165) is 6.42 Å². The predicted molar refractivity (Wildman–Crippen MR) is 72.2 cm³/mol. The number of carbonyl (C=O) groups is 2. The lowest BCUT2D eigenvalue weighted by molar-refractivity contribution is -0.144. The maximum absolute atomic E-state index is 11.9. The summed E-state index contributed by atoms with van der Waals surface area (Å²) >= 11 is 0. The van der Waals surface area contributed by atoms with Gasteiger partial charge in [0.25, 0.3) is 0 Å². The van der Waals surface area contributed by atoms with Gasteiger partial charge in [-0.15, -0.1) is 0 Å². The Labute approximate surface area is 117 Å². The zero-order valence-corrected chi connectivity index (χ0v) is 11.7. The highest BCUT2D eigenvalue weighted by Gasteiger charge is 2.23. The number of rotatable bonds is 5. The van der Waals surface area contributed by atoms with Gasteiger partial charge in [-0.3, -0.25) is 9.59 Å². The minimum atomic E-state index is -0.355. The van der Waals surface area contributed by atoms with E-state index in [1.807, 2.05) is 6.92 Å². The first kappa shape index (κ1) is 14.4. The van der Waals surface area contributed by atoms with Crippen molar-refractivity contribution in [3.8, 4) is 11.5 Å². The largest absolute Gasteiger partial charge is 0.486 e. The zero-order valence-electron chi connectivity index (χ0n) is 11.7. The van der Waals surface area contributed by atoms with Gasteiger partial charge in [-0.2, -0.15) is 0 Å². The number of carbonyl (C=O) groups excluding carboxylic acids is 2. The highest BCUT2D eigenvalue weighted by molar-refractivity contribution is 5.96. The molecular formula is C15H18O5. The Morgan fingerprint density at radius 2 is 2.15 bits per heavy atom. The Morgan fingerprint density at radius 3 is 2.85 bits per heavy atom. The number of fused-ring (bicyclic) bond motifs is 1. The van der Waals surface area contributed by atoms with Crippen LogP contribution >= 0.6 is 0 Å². The molecule has 1 aliphatic rings. The number of hydrogen-bond acceptors (Lipinski definition) is 5. The number of esters is 1. The molecule has 1 aliphatic heterocycles. The third kappa shape index (κ3) is 3.50. The molecule has 0 fully saturated rings. The maximum Gasteiger partial charge on any atom is 0.302 e. The van der Waals surface area contributed by atoms with Gasteiger partial charge in [-0.1, -0.05) is 6.92 Å². The van der Waals surface area contributed by atoms with E-state index in [1.165, 1.54) is 6.92 Å². The molecule has 5 nitrogen and oxygen atoms in total. The normalized spacial score (nSPS) is 16.6. The zero-order chi connectivity index (χ0) is 14.5. The molecule has 1 unspecified atom stereocenters. The summed E-state index contributed by atoms with van der Waals surface area (Å²) in [5.41, 5.74) is 0.613. The van der Waals surface area contributed by atoms with Crippen molar-refractivity contribution in [1.29, 1.82) is 0 Å². The van der Waals surface area contributed by atoms with Crippen LogP contribution in [0.3, 0.4) is 0 Å². The molecule has 0 aromatic heterocycles. The van der Waals surface area contributed by atoms with Crippen molar-refractivity contribution in [3.63, 3.8) is 0 Å². The quantitative estimate of drug-likeness (QED) is 0.611. The SMILES string of the molecule is CCCC(=O)c1ccc2c(c1)OC(COC(C)=O)CO2. The summed E-state index contributed by atoms with van der Waals surface area (Å²) in [5, 5.41) is 0. The first-order valence-electron chi connectivity index (χ1n) is 6.70. The lowest BCUT2D eigenvalue weighted by atomic mass is 10.1. The van der Waals surface area contributed by atoms with Crippen molar-refractivity contribution >= 4 is 11.8 Å². The molecule has 2 rings (SSSR count). The molecule has 0 aliphatic carbocycles. The second-order valence-electron chi connectivity index (χ2n) is 4.69. The predicted octanol–water partition coefficient (Wildman–Crippen LogP) is 2.37. The smallest absolute Gasteiger partial charge is 0.302 e. The van der Waals surface area contributed by atoms with Gasteiger partial charge in [0.05, 0.1) is 0 Å². The van der Waals surface area contributed by atoms with Crippen molar-refractivity contribution in [2.24, 2.45) is 0 Å². The van der Waals surface area contributed by atoms with Crippen LogP contribution in [0.25, 0.3) is 0 Å². The minimum Gasteiger partial charge on any atom is -0.486 e. The lowest BCUT2D eigenvalue weighted by Crippen LogP contribution is -2.34. The van der Waals surface area contributed by atoms with E-state index in [1.54, 1.807) is 18.2 Å². The van der Waals surface area contributed by atoms with Crippen LogP contribution in [0.4, 0.5) is 0 Å². The maximum atomic E-state index is 11.9. The van der Waals surface area contributed by atoms with E-state index in [4.69, 9.17) is 14.2 Å². The fraction of sp³-hybridized carbons (Fsp3) is 0.467. The Morgan fingerprint density at radius 1 is 1.35 bits per heavy atom. The lowest BCUT2D eigenvalue weighted by Gasteiger charge is -2.26. The average molecular weight is 278 g/mol. The van der Waals surface area contributed by atoms with Crippen LogP contribution in [0, 0.1) is 0 Å². The van der Waals surface area contributed by atoms with E-state index in [0.29, 0.717) is 30.1 Å².